The van der Waals surface area contributed by atoms with Gasteiger partial charge < -0.3 is 15.5 Å². The average molecular weight is 402 g/mol. The Kier molecular flexibility index (Phi) is 5.30. The SMILES string of the molecule is Nc1ccc(F)cc1NC(=O)c1ccc(CCC(=O)c2cc3ccccc3o2)cc1. The summed E-state index contributed by atoms with van der Waals surface area (Å²) >= 11 is 0. The van der Waals surface area contributed by atoms with Crippen LogP contribution in [0.4, 0.5) is 15.8 Å². The van der Waals surface area contributed by atoms with Gasteiger partial charge in [0.25, 0.3) is 5.91 Å². The van der Waals surface area contributed by atoms with Gasteiger partial charge in [0.1, 0.15) is 11.4 Å². The Hall–Kier alpha value is -3.93. The van der Waals surface area contributed by atoms with Gasteiger partial charge in [-0.15, -0.1) is 0 Å². The molecule has 150 valence electrons. The summed E-state index contributed by atoms with van der Waals surface area (Å²) in [6, 6.07) is 19.9. The predicted octanol–water partition coefficient (Wildman–Crippen LogP) is 5.22. The monoisotopic (exact) mass is 402 g/mol. The van der Waals surface area contributed by atoms with Crippen LogP contribution >= 0.6 is 0 Å². The molecule has 1 amide bonds. The van der Waals surface area contributed by atoms with Crippen LogP contribution < -0.4 is 11.1 Å². The number of carbonyl (C=O) groups is 2. The van der Waals surface area contributed by atoms with E-state index in [2.05, 4.69) is 5.32 Å². The van der Waals surface area contributed by atoms with E-state index in [0.29, 0.717) is 29.7 Å². The van der Waals surface area contributed by atoms with Crippen LogP contribution in [0.1, 0.15) is 32.9 Å². The van der Waals surface area contributed by atoms with Crippen LogP contribution in [0.25, 0.3) is 11.0 Å². The summed E-state index contributed by atoms with van der Waals surface area (Å²) in [7, 11) is 0. The molecule has 4 aromatic rings. The highest BCUT2D eigenvalue weighted by molar-refractivity contribution is 6.05. The molecule has 30 heavy (non-hydrogen) atoms. The van der Waals surface area contributed by atoms with Crippen molar-refractivity contribution >= 4 is 34.0 Å². The van der Waals surface area contributed by atoms with Gasteiger partial charge in [-0.05, 0) is 54.4 Å². The second-order valence-electron chi connectivity index (χ2n) is 6.95. The van der Waals surface area contributed by atoms with Crippen LogP contribution in [0.2, 0.25) is 0 Å². The number of halogens is 1. The van der Waals surface area contributed by atoms with Gasteiger partial charge in [-0.2, -0.15) is 0 Å². The van der Waals surface area contributed by atoms with E-state index < -0.39 is 11.7 Å². The number of anilines is 2. The molecule has 3 N–H and O–H groups in total. The smallest absolute Gasteiger partial charge is 0.255 e. The van der Waals surface area contributed by atoms with Crippen LogP contribution in [-0.2, 0) is 6.42 Å². The third kappa shape index (κ3) is 4.22. The van der Waals surface area contributed by atoms with E-state index >= 15 is 0 Å². The molecular formula is C24H19FN2O3. The Morgan fingerprint density at radius 3 is 2.50 bits per heavy atom. The van der Waals surface area contributed by atoms with Crippen LogP contribution in [0, 0.1) is 5.82 Å². The van der Waals surface area contributed by atoms with Crippen molar-refractivity contribution in [2.45, 2.75) is 12.8 Å². The summed E-state index contributed by atoms with van der Waals surface area (Å²) in [6.45, 7) is 0. The summed E-state index contributed by atoms with van der Waals surface area (Å²) in [5.41, 5.74) is 8.28. The maximum atomic E-state index is 13.3. The number of benzene rings is 3. The van der Waals surface area contributed by atoms with Crippen LogP contribution in [0.15, 0.2) is 77.2 Å². The highest BCUT2D eigenvalue weighted by atomic mass is 19.1. The van der Waals surface area contributed by atoms with E-state index in [4.69, 9.17) is 10.2 Å². The molecule has 3 aromatic carbocycles. The fourth-order valence-corrected chi connectivity index (χ4v) is 3.15. The van der Waals surface area contributed by atoms with E-state index in [1.807, 2.05) is 24.3 Å². The van der Waals surface area contributed by atoms with E-state index in [-0.39, 0.29) is 17.2 Å². The summed E-state index contributed by atoms with van der Waals surface area (Å²) in [5.74, 6) is -0.601. The summed E-state index contributed by atoms with van der Waals surface area (Å²) < 4.78 is 18.9. The Morgan fingerprint density at radius 1 is 0.967 bits per heavy atom. The zero-order chi connectivity index (χ0) is 21.1. The Labute approximate surface area is 172 Å². The minimum atomic E-state index is -0.482. The van der Waals surface area contributed by atoms with Crippen molar-refractivity contribution in [1.82, 2.24) is 0 Å². The Bertz CT molecular complexity index is 1200. The molecule has 0 saturated heterocycles. The second kappa shape index (κ2) is 8.21. The number of nitrogens with one attached hydrogen (secondary N) is 1. The lowest BCUT2D eigenvalue weighted by Gasteiger charge is -2.09. The van der Waals surface area contributed by atoms with Gasteiger partial charge in [0.15, 0.2) is 11.5 Å². The van der Waals surface area contributed by atoms with Gasteiger partial charge in [-0.1, -0.05) is 30.3 Å². The topological polar surface area (TPSA) is 85.3 Å². The van der Waals surface area contributed by atoms with Crippen molar-refractivity contribution in [2.24, 2.45) is 0 Å². The van der Waals surface area contributed by atoms with Crippen LogP contribution in [0.3, 0.4) is 0 Å². The highest BCUT2D eigenvalue weighted by Crippen LogP contribution is 2.22. The number of nitrogens with two attached hydrogens (primary N) is 1. The first-order chi connectivity index (χ1) is 14.5. The predicted molar refractivity (Wildman–Crippen MR) is 114 cm³/mol. The molecular weight excluding hydrogens is 383 g/mol. The molecule has 0 atom stereocenters. The molecule has 0 aliphatic carbocycles. The van der Waals surface area contributed by atoms with Crippen molar-refractivity contribution < 1.29 is 18.4 Å². The molecule has 1 heterocycles. The number of hydrogen-bond acceptors (Lipinski definition) is 4. The number of ketones is 1. The first-order valence-corrected chi connectivity index (χ1v) is 9.47. The minimum absolute atomic E-state index is 0.0744. The van der Waals surface area contributed by atoms with Gasteiger partial charge in [0.2, 0.25) is 0 Å². The Morgan fingerprint density at radius 2 is 1.73 bits per heavy atom. The lowest BCUT2D eigenvalue weighted by atomic mass is 10.0. The van der Waals surface area contributed by atoms with E-state index in [0.717, 1.165) is 10.9 Å². The molecule has 0 fully saturated rings. The average Bonchev–Trinajstić information content (AvgIpc) is 3.19. The normalized spacial score (nSPS) is 10.8. The maximum Gasteiger partial charge on any atom is 0.255 e. The summed E-state index contributed by atoms with van der Waals surface area (Å²) in [4.78, 5) is 24.8. The Balaban J connectivity index is 1.37. The zero-order valence-electron chi connectivity index (χ0n) is 16.0. The number of para-hydroxylation sites is 1. The molecule has 0 unspecified atom stereocenters. The number of nitrogen functional groups attached to an aromatic ring is 1. The largest absolute Gasteiger partial charge is 0.453 e. The first-order valence-electron chi connectivity index (χ1n) is 9.47. The van der Waals surface area contributed by atoms with E-state index in [9.17, 15) is 14.0 Å². The molecule has 0 bridgehead atoms. The quantitative estimate of drug-likeness (QED) is 0.342. The van der Waals surface area contributed by atoms with Crippen molar-refractivity contribution in [3.05, 3.63) is 95.5 Å². The number of rotatable bonds is 6. The molecule has 0 radical (unpaired) electrons. The lowest BCUT2D eigenvalue weighted by Crippen LogP contribution is -2.13. The van der Waals surface area contributed by atoms with Crippen molar-refractivity contribution in [3.8, 4) is 0 Å². The number of aryl methyl sites for hydroxylation is 1. The molecule has 0 saturated carbocycles. The van der Waals surface area contributed by atoms with Gasteiger partial charge in [0, 0.05) is 17.4 Å². The number of carbonyl (C=O) groups excluding carboxylic acids is 2. The standard InChI is InChI=1S/C24H19FN2O3/c25-18-10-11-19(26)20(14-18)27-24(29)16-8-5-15(6-9-16)7-12-21(28)23-13-17-3-1-2-4-22(17)30-23/h1-6,8-11,13-14H,7,12,26H2,(H,27,29). The second-order valence-corrected chi connectivity index (χ2v) is 6.95. The molecule has 0 spiro atoms. The number of Topliss-reactive ketones (excluding diaryl/α,β-unsaturated/α-hetero) is 1. The molecule has 0 aliphatic heterocycles. The summed E-state index contributed by atoms with van der Waals surface area (Å²) in [5, 5.41) is 3.50. The number of amides is 1. The van der Waals surface area contributed by atoms with Gasteiger partial charge in [-0.3, -0.25) is 9.59 Å². The highest BCUT2D eigenvalue weighted by Gasteiger charge is 2.13. The molecule has 1 aromatic heterocycles. The first kappa shape index (κ1) is 19.4. The molecule has 6 heteroatoms. The lowest BCUT2D eigenvalue weighted by molar-refractivity contribution is 0.0957. The fourth-order valence-electron chi connectivity index (χ4n) is 3.15. The van der Waals surface area contributed by atoms with E-state index in [1.165, 1.54) is 18.2 Å². The van der Waals surface area contributed by atoms with Gasteiger partial charge >= 0.3 is 0 Å². The minimum Gasteiger partial charge on any atom is -0.453 e. The van der Waals surface area contributed by atoms with Crippen molar-refractivity contribution in [1.29, 1.82) is 0 Å². The van der Waals surface area contributed by atoms with Gasteiger partial charge in [-0.25, -0.2) is 4.39 Å². The van der Waals surface area contributed by atoms with Gasteiger partial charge in [0.05, 0.1) is 11.4 Å². The van der Waals surface area contributed by atoms with Crippen LogP contribution in [-0.4, -0.2) is 11.7 Å². The maximum absolute atomic E-state index is 13.3. The molecule has 4 rings (SSSR count). The van der Waals surface area contributed by atoms with Crippen LogP contribution in [0.5, 0.6) is 0 Å². The third-order valence-corrected chi connectivity index (χ3v) is 4.82. The number of hydrogen-bond donors (Lipinski definition) is 2. The third-order valence-electron chi connectivity index (χ3n) is 4.82. The number of fused-ring (bicyclic) bond motifs is 1. The molecule has 5 nitrogen and oxygen atoms in total. The molecule has 0 aliphatic rings. The summed E-state index contributed by atoms with van der Waals surface area (Å²) in [6.07, 6.45) is 0.819. The van der Waals surface area contributed by atoms with E-state index in [1.54, 1.807) is 30.3 Å². The van der Waals surface area contributed by atoms with Crippen molar-refractivity contribution in [3.63, 3.8) is 0 Å². The number of furan rings is 1. The van der Waals surface area contributed by atoms with Crippen molar-refractivity contribution in [2.75, 3.05) is 11.1 Å². The fraction of sp³-hybridized carbons (Fsp3) is 0.0833. The zero-order valence-corrected chi connectivity index (χ0v) is 16.0.